The molecule has 0 radical (unpaired) electrons. The summed E-state index contributed by atoms with van der Waals surface area (Å²) in [5.74, 6) is 1.90. The van der Waals surface area contributed by atoms with Gasteiger partial charge in [0, 0.05) is 0 Å². The van der Waals surface area contributed by atoms with Gasteiger partial charge in [-0.2, -0.15) is 0 Å². The predicted molar refractivity (Wildman–Crippen MR) is 55.2 cm³/mol. The largest absolute Gasteiger partial charge is 0.103 e. The maximum Gasteiger partial charge on any atom is -0.0327 e. The molecule has 0 aromatic carbocycles. The van der Waals surface area contributed by atoms with Crippen LogP contribution in [0, 0.1) is 11.8 Å². The molecule has 1 fully saturated rings. The lowest BCUT2D eigenvalue weighted by molar-refractivity contribution is 0.297. The van der Waals surface area contributed by atoms with Crippen molar-refractivity contribution >= 4 is 0 Å². The summed E-state index contributed by atoms with van der Waals surface area (Å²) in [6.07, 6.45) is 12.1. The molecule has 1 rings (SSSR count). The van der Waals surface area contributed by atoms with Gasteiger partial charge in [-0.1, -0.05) is 45.1 Å². The van der Waals surface area contributed by atoms with Gasteiger partial charge in [-0.15, -0.1) is 6.58 Å². The van der Waals surface area contributed by atoms with Gasteiger partial charge in [0.25, 0.3) is 0 Å². The van der Waals surface area contributed by atoms with Crippen molar-refractivity contribution in [1.29, 1.82) is 0 Å². The zero-order valence-corrected chi connectivity index (χ0v) is 8.39. The molecule has 1 aliphatic carbocycles. The lowest BCUT2D eigenvalue weighted by Gasteiger charge is -2.23. The highest BCUT2D eigenvalue weighted by Gasteiger charge is 2.15. The van der Waals surface area contributed by atoms with E-state index in [1.807, 2.05) is 0 Å². The van der Waals surface area contributed by atoms with Crippen LogP contribution in [0.3, 0.4) is 0 Å². The van der Waals surface area contributed by atoms with Crippen LogP contribution in [0.4, 0.5) is 0 Å². The summed E-state index contributed by atoms with van der Waals surface area (Å²) in [6.45, 7) is 6.15. The Labute approximate surface area is 77.1 Å². The van der Waals surface area contributed by atoms with Crippen molar-refractivity contribution in [1.82, 2.24) is 0 Å². The first-order chi connectivity index (χ1) is 5.83. The molecule has 0 heterocycles. The number of hydrogen-bond donors (Lipinski definition) is 0. The molecule has 0 aliphatic heterocycles. The molecular weight excluding hydrogens is 144 g/mol. The van der Waals surface area contributed by atoms with Crippen molar-refractivity contribution in [3.05, 3.63) is 12.7 Å². The summed E-state index contributed by atoms with van der Waals surface area (Å²) in [4.78, 5) is 0. The first kappa shape index (κ1) is 9.83. The van der Waals surface area contributed by atoms with Gasteiger partial charge in [0.2, 0.25) is 0 Å². The van der Waals surface area contributed by atoms with Crippen molar-refractivity contribution < 1.29 is 0 Å². The molecule has 0 saturated heterocycles. The van der Waals surface area contributed by atoms with Crippen molar-refractivity contribution in [2.75, 3.05) is 0 Å². The van der Waals surface area contributed by atoms with Gasteiger partial charge in [0.15, 0.2) is 0 Å². The van der Waals surface area contributed by atoms with Gasteiger partial charge in [-0.3, -0.25) is 0 Å². The third-order valence-corrected chi connectivity index (χ3v) is 3.03. The highest BCUT2D eigenvalue weighted by molar-refractivity contribution is 4.74. The summed E-state index contributed by atoms with van der Waals surface area (Å²) in [5.41, 5.74) is 0. The van der Waals surface area contributed by atoms with Gasteiger partial charge in [0.05, 0.1) is 0 Å². The van der Waals surface area contributed by atoms with Crippen molar-refractivity contribution in [3.8, 4) is 0 Å². The van der Waals surface area contributed by atoms with Crippen LogP contribution in [0.1, 0.15) is 51.9 Å². The normalized spacial score (nSPS) is 22.1. The van der Waals surface area contributed by atoms with Gasteiger partial charge < -0.3 is 0 Å². The fourth-order valence-corrected chi connectivity index (χ4v) is 2.37. The van der Waals surface area contributed by atoms with Crippen LogP contribution in [-0.4, -0.2) is 0 Å². The van der Waals surface area contributed by atoms with E-state index in [9.17, 15) is 0 Å². The van der Waals surface area contributed by atoms with E-state index in [0.29, 0.717) is 0 Å². The van der Waals surface area contributed by atoms with Gasteiger partial charge in [-0.05, 0) is 24.7 Å². The topological polar surface area (TPSA) is 0 Å². The summed E-state index contributed by atoms with van der Waals surface area (Å²) in [7, 11) is 0. The quantitative estimate of drug-likeness (QED) is 0.550. The van der Waals surface area contributed by atoms with E-state index in [1.54, 1.807) is 0 Å². The summed E-state index contributed by atoms with van der Waals surface area (Å²) in [5, 5.41) is 0. The standard InChI is InChI=1S/C12H22/c1-3-7-11(2)10-12-8-5-4-6-9-12/h3,11-12H,1,4-10H2,2H3. The van der Waals surface area contributed by atoms with E-state index in [1.165, 1.54) is 44.9 Å². The Hall–Kier alpha value is -0.260. The molecule has 12 heavy (non-hydrogen) atoms. The lowest BCUT2D eigenvalue weighted by Crippen LogP contribution is -2.10. The number of hydrogen-bond acceptors (Lipinski definition) is 0. The Morgan fingerprint density at radius 2 is 2.00 bits per heavy atom. The van der Waals surface area contributed by atoms with Crippen molar-refractivity contribution in [3.63, 3.8) is 0 Å². The minimum atomic E-state index is 0.866. The summed E-state index contributed by atoms with van der Waals surface area (Å²) >= 11 is 0. The van der Waals surface area contributed by atoms with Crippen LogP contribution < -0.4 is 0 Å². The minimum Gasteiger partial charge on any atom is -0.103 e. The van der Waals surface area contributed by atoms with Gasteiger partial charge >= 0.3 is 0 Å². The molecule has 0 bridgehead atoms. The summed E-state index contributed by atoms with van der Waals surface area (Å²) < 4.78 is 0. The molecule has 0 aromatic rings. The van der Waals surface area contributed by atoms with E-state index < -0.39 is 0 Å². The Balaban J connectivity index is 2.15. The Morgan fingerprint density at radius 1 is 1.33 bits per heavy atom. The molecule has 1 saturated carbocycles. The molecule has 0 amide bonds. The van der Waals surface area contributed by atoms with E-state index in [4.69, 9.17) is 0 Å². The van der Waals surface area contributed by atoms with Crippen LogP contribution >= 0.6 is 0 Å². The first-order valence-electron chi connectivity index (χ1n) is 5.44. The first-order valence-corrected chi connectivity index (χ1v) is 5.44. The van der Waals surface area contributed by atoms with Crippen LogP contribution in [0.25, 0.3) is 0 Å². The van der Waals surface area contributed by atoms with Gasteiger partial charge in [0.1, 0.15) is 0 Å². The van der Waals surface area contributed by atoms with Crippen molar-refractivity contribution in [2.45, 2.75) is 51.9 Å². The Morgan fingerprint density at radius 3 is 2.58 bits per heavy atom. The van der Waals surface area contributed by atoms with Crippen molar-refractivity contribution in [2.24, 2.45) is 11.8 Å². The predicted octanol–water partition coefficient (Wildman–Crippen LogP) is 4.17. The fourth-order valence-electron chi connectivity index (χ4n) is 2.37. The number of rotatable bonds is 4. The molecule has 0 spiro atoms. The van der Waals surface area contributed by atoms with Crippen LogP contribution in [0.2, 0.25) is 0 Å². The maximum absolute atomic E-state index is 3.79. The molecule has 70 valence electrons. The molecule has 1 atom stereocenters. The van der Waals surface area contributed by atoms with E-state index in [0.717, 1.165) is 11.8 Å². The van der Waals surface area contributed by atoms with Crippen LogP contribution in [-0.2, 0) is 0 Å². The average Bonchev–Trinajstić information content (AvgIpc) is 2.06. The van der Waals surface area contributed by atoms with Gasteiger partial charge in [-0.25, -0.2) is 0 Å². The minimum absolute atomic E-state index is 0.866. The lowest BCUT2D eigenvalue weighted by atomic mass is 9.82. The maximum atomic E-state index is 3.79. The highest BCUT2D eigenvalue weighted by atomic mass is 14.2. The zero-order chi connectivity index (χ0) is 8.81. The second kappa shape index (κ2) is 5.40. The third-order valence-electron chi connectivity index (χ3n) is 3.03. The van der Waals surface area contributed by atoms with E-state index in [2.05, 4.69) is 19.6 Å². The van der Waals surface area contributed by atoms with E-state index in [-0.39, 0.29) is 0 Å². The SMILES string of the molecule is C=CCC(C)CC1CCCCC1. The molecular formula is C12H22. The molecule has 0 nitrogen and oxygen atoms in total. The fraction of sp³-hybridized carbons (Fsp3) is 0.833. The van der Waals surface area contributed by atoms with Crippen LogP contribution in [0.15, 0.2) is 12.7 Å². The Kier molecular flexibility index (Phi) is 4.42. The smallest absolute Gasteiger partial charge is 0.0327 e. The monoisotopic (exact) mass is 166 g/mol. The Bertz CT molecular complexity index is 120. The second-order valence-electron chi connectivity index (χ2n) is 4.37. The summed E-state index contributed by atoms with van der Waals surface area (Å²) in [6, 6.07) is 0. The molecule has 1 aliphatic rings. The van der Waals surface area contributed by atoms with E-state index >= 15 is 0 Å². The molecule has 0 heteroatoms. The molecule has 1 unspecified atom stereocenters. The zero-order valence-electron chi connectivity index (χ0n) is 8.39. The van der Waals surface area contributed by atoms with Crippen LogP contribution in [0.5, 0.6) is 0 Å². The average molecular weight is 166 g/mol. The highest BCUT2D eigenvalue weighted by Crippen LogP contribution is 2.29. The third kappa shape index (κ3) is 3.42. The molecule has 0 N–H and O–H groups in total. The second-order valence-corrected chi connectivity index (χ2v) is 4.37. The number of allylic oxidation sites excluding steroid dienone is 1. The molecule has 0 aromatic heterocycles.